The fourth-order valence-corrected chi connectivity index (χ4v) is 2.66. The second kappa shape index (κ2) is 8.33. The van der Waals surface area contributed by atoms with E-state index in [4.69, 9.17) is 12.2 Å². The number of nitrogens with one attached hydrogen (secondary N) is 2. The van der Waals surface area contributed by atoms with Crippen LogP contribution < -0.4 is 10.6 Å². The van der Waals surface area contributed by atoms with Gasteiger partial charge in [-0.3, -0.25) is 4.68 Å². The van der Waals surface area contributed by atoms with Crippen molar-refractivity contribution in [3.8, 4) is 0 Å². The predicted octanol–water partition coefficient (Wildman–Crippen LogP) is 3.83. The summed E-state index contributed by atoms with van der Waals surface area (Å²) < 4.78 is 39.2. The molecule has 8 heteroatoms. The Kier molecular flexibility index (Phi) is 6.41. The van der Waals surface area contributed by atoms with Crippen LogP contribution in [0.5, 0.6) is 0 Å². The molecule has 25 heavy (non-hydrogen) atoms. The molecule has 0 amide bonds. The minimum atomic E-state index is -4.41. The van der Waals surface area contributed by atoms with E-state index in [0.717, 1.165) is 11.6 Å². The van der Waals surface area contributed by atoms with Crippen molar-refractivity contribution < 1.29 is 13.2 Å². The first-order chi connectivity index (χ1) is 11.8. The number of thiocarbonyl (C=S) groups is 1. The topological polar surface area (TPSA) is 41.9 Å². The fraction of sp³-hybridized carbons (Fsp3) is 0.412. The van der Waals surface area contributed by atoms with Crippen molar-refractivity contribution in [2.45, 2.75) is 39.0 Å². The van der Waals surface area contributed by atoms with Gasteiger partial charge in [0.15, 0.2) is 10.8 Å². The minimum Gasteiger partial charge on any atom is -0.363 e. The van der Waals surface area contributed by atoms with E-state index in [1.54, 1.807) is 6.92 Å². The van der Waals surface area contributed by atoms with E-state index < -0.39 is 11.9 Å². The van der Waals surface area contributed by atoms with Crippen molar-refractivity contribution in [3.63, 3.8) is 0 Å². The highest BCUT2D eigenvalue weighted by Crippen LogP contribution is 2.28. The Balaban J connectivity index is 1.74. The van der Waals surface area contributed by atoms with Crippen molar-refractivity contribution in [2.75, 3.05) is 6.54 Å². The van der Waals surface area contributed by atoms with Gasteiger partial charge in [0, 0.05) is 18.8 Å². The van der Waals surface area contributed by atoms with E-state index in [1.165, 1.54) is 4.68 Å². The summed E-state index contributed by atoms with van der Waals surface area (Å²) in [5, 5.41) is 10.4. The number of rotatable bonds is 6. The lowest BCUT2D eigenvalue weighted by Gasteiger charge is -2.17. The lowest BCUT2D eigenvalue weighted by molar-refractivity contribution is -0.141. The lowest BCUT2D eigenvalue weighted by atomic mass is 10.1. The second-order valence-corrected chi connectivity index (χ2v) is 6.19. The first kappa shape index (κ1) is 19.2. The molecule has 4 nitrogen and oxygen atoms in total. The Bertz CT molecular complexity index is 698. The van der Waals surface area contributed by atoms with Gasteiger partial charge in [-0.1, -0.05) is 30.3 Å². The third-order valence-electron chi connectivity index (χ3n) is 3.75. The molecule has 136 valence electrons. The van der Waals surface area contributed by atoms with E-state index in [9.17, 15) is 13.2 Å². The molecule has 1 aromatic heterocycles. The Morgan fingerprint density at radius 2 is 1.96 bits per heavy atom. The summed E-state index contributed by atoms with van der Waals surface area (Å²) in [6, 6.07) is 11.0. The van der Waals surface area contributed by atoms with Gasteiger partial charge in [0.05, 0.1) is 6.04 Å². The van der Waals surface area contributed by atoms with Crippen LogP contribution in [0.3, 0.4) is 0 Å². The molecular weight excluding hydrogens is 349 g/mol. The van der Waals surface area contributed by atoms with E-state index in [0.29, 0.717) is 30.3 Å². The highest BCUT2D eigenvalue weighted by atomic mass is 32.1. The zero-order valence-corrected chi connectivity index (χ0v) is 14.9. The van der Waals surface area contributed by atoms with Gasteiger partial charge in [-0.2, -0.15) is 18.3 Å². The number of aromatic nitrogens is 2. The van der Waals surface area contributed by atoms with Crippen LogP contribution >= 0.6 is 12.2 Å². The smallest absolute Gasteiger partial charge is 0.363 e. The van der Waals surface area contributed by atoms with Gasteiger partial charge in [-0.25, -0.2) is 0 Å². The Morgan fingerprint density at radius 3 is 2.56 bits per heavy atom. The molecule has 1 unspecified atom stereocenters. The van der Waals surface area contributed by atoms with E-state index in [2.05, 4.69) is 15.7 Å². The van der Waals surface area contributed by atoms with Crippen molar-refractivity contribution >= 4 is 17.3 Å². The van der Waals surface area contributed by atoms with Crippen LogP contribution in [-0.4, -0.2) is 21.4 Å². The summed E-state index contributed by atoms with van der Waals surface area (Å²) in [6.45, 7) is 4.57. The van der Waals surface area contributed by atoms with Gasteiger partial charge in [0.2, 0.25) is 0 Å². The molecule has 1 aromatic carbocycles. The number of nitrogens with zero attached hydrogens (tertiary/aromatic N) is 2. The van der Waals surface area contributed by atoms with E-state index >= 15 is 0 Å². The van der Waals surface area contributed by atoms with E-state index in [1.807, 2.05) is 37.3 Å². The fourth-order valence-electron chi connectivity index (χ4n) is 2.38. The quantitative estimate of drug-likeness (QED) is 0.599. The average molecular weight is 370 g/mol. The molecule has 0 radical (unpaired) electrons. The predicted molar refractivity (Wildman–Crippen MR) is 95.2 cm³/mol. The van der Waals surface area contributed by atoms with Crippen LogP contribution in [0.15, 0.2) is 36.4 Å². The third-order valence-corrected chi connectivity index (χ3v) is 4.01. The van der Waals surface area contributed by atoms with Crippen molar-refractivity contribution in [3.05, 3.63) is 53.3 Å². The molecule has 0 spiro atoms. The molecule has 0 aliphatic rings. The molecule has 1 heterocycles. The molecular formula is C17H21F3N4S. The highest BCUT2D eigenvalue weighted by Gasteiger charge is 2.34. The van der Waals surface area contributed by atoms with Gasteiger partial charge in [0.1, 0.15) is 0 Å². The van der Waals surface area contributed by atoms with Gasteiger partial charge in [-0.05, 0) is 44.1 Å². The number of alkyl halides is 3. The van der Waals surface area contributed by atoms with Crippen LogP contribution in [0.2, 0.25) is 0 Å². The Hall–Kier alpha value is -2.09. The zero-order valence-electron chi connectivity index (χ0n) is 14.1. The third kappa shape index (κ3) is 5.74. The number of benzene rings is 1. The molecule has 0 bridgehead atoms. The summed E-state index contributed by atoms with van der Waals surface area (Å²) in [5.74, 6) is 0. The standard InChI is InChI=1S/C17H21F3N4S/c1-12-11-15(17(18,19)20)23-24(12)10-6-9-21-16(25)22-13(2)14-7-4-3-5-8-14/h3-5,7-8,11,13H,6,9-10H2,1-2H3,(H2,21,22,25). The molecule has 1 atom stereocenters. The van der Waals surface area contributed by atoms with Gasteiger partial charge in [0.25, 0.3) is 0 Å². The zero-order chi connectivity index (χ0) is 18.4. The van der Waals surface area contributed by atoms with Crippen LogP contribution in [0.25, 0.3) is 0 Å². The SMILES string of the molecule is Cc1cc(C(F)(F)F)nn1CCCNC(=S)NC(C)c1ccccc1. The van der Waals surface area contributed by atoms with Gasteiger partial charge < -0.3 is 10.6 Å². The number of hydrogen-bond acceptors (Lipinski definition) is 2. The monoisotopic (exact) mass is 370 g/mol. The average Bonchev–Trinajstić information content (AvgIpc) is 2.93. The van der Waals surface area contributed by atoms with Crippen LogP contribution in [0.4, 0.5) is 13.2 Å². The Labute approximate surface area is 150 Å². The van der Waals surface area contributed by atoms with Crippen LogP contribution in [-0.2, 0) is 12.7 Å². The van der Waals surface area contributed by atoms with Crippen molar-refractivity contribution in [1.82, 2.24) is 20.4 Å². The summed E-state index contributed by atoms with van der Waals surface area (Å²) >= 11 is 5.25. The summed E-state index contributed by atoms with van der Waals surface area (Å²) in [5.41, 5.74) is 0.760. The molecule has 0 aliphatic carbocycles. The lowest BCUT2D eigenvalue weighted by Crippen LogP contribution is -2.37. The molecule has 0 saturated carbocycles. The normalized spacial score (nSPS) is 12.7. The second-order valence-electron chi connectivity index (χ2n) is 5.78. The van der Waals surface area contributed by atoms with Crippen molar-refractivity contribution in [2.24, 2.45) is 0 Å². The Morgan fingerprint density at radius 1 is 1.28 bits per heavy atom. The largest absolute Gasteiger partial charge is 0.435 e. The van der Waals surface area contributed by atoms with Crippen molar-refractivity contribution in [1.29, 1.82) is 0 Å². The van der Waals surface area contributed by atoms with Crippen LogP contribution in [0.1, 0.15) is 36.3 Å². The van der Waals surface area contributed by atoms with Gasteiger partial charge >= 0.3 is 6.18 Å². The molecule has 2 N–H and O–H groups in total. The minimum absolute atomic E-state index is 0.0731. The number of halogens is 3. The number of aryl methyl sites for hydroxylation is 2. The number of hydrogen-bond donors (Lipinski definition) is 2. The maximum absolute atomic E-state index is 12.6. The summed E-state index contributed by atoms with van der Waals surface area (Å²) in [7, 11) is 0. The maximum Gasteiger partial charge on any atom is 0.435 e. The van der Waals surface area contributed by atoms with Crippen LogP contribution in [0, 0.1) is 6.92 Å². The maximum atomic E-state index is 12.6. The summed E-state index contributed by atoms with van der Waals surface area (Å²) in [4.78, 5) is 0. The highest BCUT2D eigenvalue weighted by molar-refractivity contribution is 7.80. The first-order valence-corrected chi connectivity index (χ1v) is 8.39. The van der Waals surface area contributed by atoms with Gasteiger partial charge in [-0.15, -0.1) is 0 Å². The molecule has 0 aliphatic heterocycles. The molecule has 0 saturated heterocycles. The van der Waals surface area contributed by atoms with E-state index in [-0.39, 0.29) is 6.04 Å². The molecule has 2 rings (SSSR count). The molecule has 2 aromatic rings. The summed E-state index contributed by atoms with van der Waals surface area (Å²) in [6.07, 6.45) is -3.80. The molecule has 0 fully saturated rings. The first-order valence-electron chi connectivity index (χ1n) is 7.98.